The van der Waals surface area contributed by atoms with Gasteiger partial charge in [0, 0.05) is 31.2 Å². The molecular weight excluding hydrogens is 344 g/mol. The normalized spacial score (nSPS) is 15.1. The number of piperazine rings is 1. The molecule has 138 valence electrons. The Morgan fingerprint density at radius 1 is 1.12 bits per heavy atom. The second-order valence-corrected chi connectivity index (χ2v) is 7.48. The van der Waals surface area contributed by atoms with Gasteiger partial charge in [-0.3, -0.25) is 4.79 Å². The summed E-state index contributed by atoms with van der Waals surface area (Å²) in [6.07, 6.45) is -0.340. The van der Waals surface area contributed by atoms with Gasteiger partial charge in [0.1, 0.15) is 11.4 Å². The molecule has 0 radical (unpaired) electrons. The molecule has 2 rings (SSSR count). The van der Waals surface area contributed by atoms with Crippen molar-refractivity contribution in [3.8, 4) is 5.75 Å². The van der Waals surface area contributed by atoms with Crippen LogP contribution in [0.15, 0.2) is 18.2 Å². The fraction of sp³-hybridized carbons (Fsp3) is 0.556. The maximum Gasteiger partial charge on any atom is 0.410 e. The lowest BCUT2D eigenvalue weighted by atomic mass is 10.2. The van der Waals surface area contributed by atoms with E-state index in [1.807, 2.05) is 27.7 Å². The zero-order chi connectivity index (χ0) is 18.6. The Balaban J connectivity index is 1.80. The SMILES string of the molecule is Cc1cc(Cl)ccc1OCC(=O)N1CCN(C(=O)OC(C)(C)C)CC1. The second kappa shape index (κ2) is 7.95. The number of nitrogens with zero attached hydrogens (tertiary/aromatic N) is 2. The number of hydrogen-bond acceptors (Lipinski definition) is 4. The molecule has 0 bridgehead atoms. The maximum absolute atomic E-state index is 12.3. The van der Waals surface area contributed by atoms with Crippen molar-refractivity contribution in [2.24, 2.45) is 0 Å². The molecule has 0 saturated carbocycles. The standard InChI is InChI=1S/C18H25ClN2O4/c1-13-11-14(19)5-6-15(13)24-12-16(22)20-7-9-21(10-8-20)17(23)25-18(2,3)4/h5-6,11H,7-10,12H2,1-4H3. The molecule has 1 aliphatic heterocycles. The van der Waals surface area contributed by atoms with E-state index in [1.165, 1.54) is 0 Å². The number of carbonyl (C=O) groups is 2. The number of amides is 2. The number of carbonyl (C=O) groups excluding carboxylic acids is 2. The summed E-state index contributed by atoms with van der Waals surface area (Å²) < 4.78 is 10.9. The van der Waals surface area contributed by atoms with Crippen LogP contribution in [-0.2, 0) is 9.53 Å². The van der Waals surface area contributed by atoms with Crippen LogP contribution in [0, 0.1) is 6.92 Å². The average Bonchev–Trinajstić information content (AvgIpc) is 2.52. The molecule has 0 unspecified atom stereocenters. The Labute approximate surface area is 153 Å². The van der Waals surface area contributed by atoms with Crippen molar-refractivity contribution in [3.63, 3.8) is 0 Å². The zero-order valence-electron chi connectivity index (χ0n) is 15.2. The lowest BCUT2D eigenvalue weighted by Crippen LogP contribution is -2.52. The quantitative estimate of drug-likeness (QED) is 0.822. The lowest BCUT2D eigenvalue weighted by molar-refractivity contribution is -0.135. The molecule has 0 N–H and O–H groups in total. The van der Waals surface area contributed by atoms with E-state index in [9.17, 15) is 9.59 Å². The summed E-state index contributed by atoms with van der Waals surface area (Å²) in [7, 11) is 0. The van der Waals surface area contributed by atoms with E-state index in [1.54, 1.807) is 28.0 Å². The highest BCUT2D eigenvalue weighted by Crippen LogP contribution is 2.21. The van der Waals surface area contributed by atoms with Gasteiger partial charge in [0.15, 0.2) is 6.61 Å². The molecule has 1 aromatic rings. The van der Waals surface area contributed by atoms with Crippen LogP contribution in [0.3, 0.4) is 0 Å². The smallest absolute Gasteiger partial charge is 0.410 e. The summed E-state index contributed by atoms with van der Waals surface area (Å²) >= 11 is 5.91. The van der Waals surface area contributed by atoms with Crippen LogP contribution in [-0.4, -0.2) is 60.2 Å². The molecule has 1 heterocycles. The first-order valence-electron chi connectivity index (χ1n) is 8.30. The number of aryl methyl sites for hydroxylation is 1. The molecule has 0 aromatic heterocycles. The van der Waals surface area contributed by atoms with Gasteiger partial charge in [-0.05, 0) is 51.5 Å². The molecule has 1 saturated heterocycles. The van der Waals surface area contributed by atoms with Crippen LogP contribution in [0.2, 0.25) is 5.02 Å². The molecule has 1 fully saturated rings. The number of hydrogen-bond donors (Lipinski definition) is 0. The number of halogens is 1. The van der Waals surface area contributed by atoms with Gasteiger partial charge in [-0.25, -0.2) is 4.79 Å². The average molecular weight is 369 g/mol. The third kappa shape index (κ3) is 5.81. The second-order valence-electron chi connectivity index (χ2n) is 7.05. The largest absolute Gasteiger partial charge is 0.483 e. The minimum atomic E-state index is -0.520. The van der Waals surface area contributed by atoms with Crippen LogP contribution in [0.1, 0.15) is 26.3 Å². The molecule has 1 aliphatic rings. The first kappa shape index (κ1) is 19.4. The van der Waals surface area contributed by atoms with Crippen LogP contribution in [0.5, 0.6) is 5.75 Å². The van der Waals surface area contributed by atoms with Gasteiger partial charge in [0.25, 0.3) is 5.91 Å². The molecule has 25 heavy (non-hydrogen) atoms. The van der Waals surface area contributed by atoms with Gasteiger partial charge in [0.05, 0.1) is 0 Å². The number of rotatable bonds is 3. The van der Waals surface area contributed by atoms with Crippen molar-refractivity contribution in [2.45, 2.75) is 33.3 Å². The van der Waals surface area contributed by atoms with Crippen molar-refractivity contribution < 1.29 is 19.1 Å². The van der Waals surface area contributed by atoms with Gasteiger partial charge in [0.2, 0.25) is 0 Å². The molecule has 0 aliphatic carbocycles. The third-order valence-electron chi connectivity index (χ3n) is 3.77. The Morgan fingerprint density at radius 2 is 1.72 bits per heavy atom. The first-order chi connectivity index (χ1) is 11.7. The Bertz CT molecular complexity index is 634. The van der Waals surface area contributed by atoms with Crippen molar-refractivity contribution in [1.82, 2.24) is 9.80 Å². The van der Waals surface area contributed by atoms with E-state index in [4.69, 9.17) is 21.1 Å². The summed E-state index contributed by atoms with van der Waals surface area (Å²) in [6.45, 7) is 9.21. The molecule has 7 heteroatoms. The number of benzene rings is 1. The Kier molecular flexibility index (Phi) is 6.16. The van der Waals surface area contributed by atoms with Crippen LogP contribution in [0.25, 0.3) is 0 Å². The fourth-order valence-corrected chi connectivity index (χ4v) is 2.70. The van der Waals surface area contributed by atoms with Crippen LogP contribution in [0.4, 0.5) is 4.79 Å². The van der Waals surface area contributed by atoms with Crippen molar-refractivity contribution in [3.05, 3.63) is 28.8 Å². The molecule has 0 atom stereocenters. The Morgan fingerprint density at radius 3 is 2.28 bits per heavy atom. The molecule has 0 spiro atoms. The third-order valence-corrected chi connectivity index (χ3v) is 4.01. The lowest BCUT2D eigenvalue weighted by Gasteiger charge is -2.35. The zero-order valence-corrected chi connectivity index (χ0v) is 15.9. The van der Waals surface area contributed by atoms with Crippen LogP contribution >= 0.6 is 11.6 Å². The van der Waals surface area contributed by atoms with Crippen molar-refractivity contribution >= 4 is 23.6 Å². The predicted octanol–water partition coefficient (Wildman–Crippen LogP) is 3.11. The summed E-state index contributed by atoms with van der Waals surface area (Å²) in [5.41, 5.74) is 0.365. The van der Waals surface area contributed by atoms with Gasteiger partial charge in [-0.1, -0.05) is 11.6 Å². The van der Waals surface area contributed by atoms with E-state index >= 15 is 0 Å². The number of ether oxygens (including phenoxy) is 2. The maximum atomic E-state index is 12.3. The van der Waals surface area contributed by atoms with E-state index in [0.717, 1.165) is 5.56 Å². The topological polar surface area (TPSA) is 59.1 Å². The molecule has 1 aromatic carbocycles. The Hall–Kier alpha value is -1.95. The van der Waals surface area contributed by atoms with Crippen molar-refractivity contribution in [1.29, 1.82) is 0 Å². The van der Waals surface area contributed by atoms with Gasteiger partial charge >= 0.3 is 6.09 Å². The summed E-state index contributed by atoms with van der Waals surface area (Å²) in [4.78, 5) is 27.7. The van der Waals surface area contributed by atoms with Crippen LogP contribution < -0.4 is 4.74 Å². The van der Waals surface area contributed by atoms with Gasteiger partial charge < -0.3 is 19.3 Å². The first-order valence-corrected chi connectivity index (χ1v) is 8.68. The summed E-state index contributed by atoms with van der Waals surface area (Å²) in [6, 6.07) is 5.28. The monoisotopic (exact) mass is 368 g/mol. The molecular formula is C18H25ClN2O4. The van der Waals surface area contributed by atoms with Crippen molar-refractivity contribution in [2.75, 3.05) is 32.8 Å². The van der Waals surface area contributed by atoms with E-state index < -0.39 is 5.60 Å². The van der Waals surface area contributed by atoms with Gasteiger partial charge in [-0.2, -0.15) is 0 Å². The molecule has 2 amide bonds. The summed E-state index contributed by atoms with van der Waals surface area (Å²) in [5.74, 6) is 0.545. The minimum Gasteiger partial charge on any atom is -0.483 e. The van der Waals surface area contributed by atoms with E-state index in [2.05, 4.69) is 0 Å². The highest BCUT2D eigenvalue weighted by atomic mass is 35.5. The highest BCUT2D eigenvalue weighted by molar-refractivity contribution is 6.30. The van der Waals surface area contributed by atoms with E-state index in [0.29, 0.717) is 37.0 Å². The van der Waals surface area contributed by atoms with E-state index in [-0.39, 0.29) is 18.6 Å². The summed E-state index contributed by atoms with van der Waals surface area (Å²) in [5, 5.41) is 0.634. The van der Waals surface area contributed by atoms with Gasteiger partial charge in [-0.15, -0.1) is 0 Å². The highest BCUT2D eigenvalue weighted by Gasteiger charge is 2.27. The predicted molar refractivity (Wildman–Crippen MR) is 96.1 cm³/mol. The fourth-order valence-electron chi connectivity index (χ4n) is 2.47. The minimum absolute atomic E-state index is 0.0328. The molecule has 6 nitrogen and oxygen atoms in total.